The van der Waals surface area contributed by atoms with Gasteiger partial charge in [-0.25, -0.2) is 0 Å². The van der Waals surface area contributed by atoms with Crippen LogP contribution in [0.15, 0.2) is 18.2 Å². The van der Waals surface area contributed by atoms with Crippen LogP contribution in [0.2, 0.25) is 0 Å². The van der Waals surface area contributed by atoms with E-state index < -0.39 is 0 Å². The minimum Gasteiger partial charge on any atom is -0.496 e. The predicted molar refractivity (Wildman–Crippen MR) is 68.0 cm³/mol. The van der Waals surface area contributed by atoms with Gasteiger partial charge in [-0.05, 0) is 24.6 Å². The summed E-state index contributed by atoms with van der Waals surface area (Å²) in [5.41, 5.74) is 2.00. The first-order valence-electron chi connectivity index (χ1n) is 4.47. The monoisotopic (exact) mass is 334 g/mol. The van der Waals surface area contributed by atoms with Crippen LogP contribution in [0.3, 0.4) is 0 Å². The third kappa shape index (κ3) is 3.05. The van der Waals surface area contributed by atoms with E-state index in [0.717, 1.165) is 16.9 Å². The average molecular weight is 336 g/mol. The number of carbonyl (C=O) groups excluding carboxylic acids is 1. The van der Waals surface area contributed by atoms with Crippen LogP contribution < -0.4 is 4.74 Å². The van der Waals surface area contributed by atoms with Crippen molar-refractivity contribution in [2.24, 2.45) is 0 Å². The van der Waals surface area contributed by atoms with Crippen LogP contribution >= 0.6 is 31.9 Å². The molecule has 1 unspecified atom stereocenters. The van der Waals surface area contributed by atoms with Crippen molar-refractivity contribution in [2.75, 3.05) is 7.11 Å². The normalized spacial score (nSPS) is 12.3. The number of ether oxygens (including phenoxy) is 1. The van der Waals surface area contributed by atoms with Gasteiger partial charge in [0.25, 0.3) is 0 Å². The number of hydrogen-bond donors (Lipinski definition) is 0. The molecular weight excluding hydrogens is 324 g/mol. The van der Waals surface area contributed by atoms with Gasteiger partial charge in [0.05, 0.1) is 11.9 Å². The Balaban J connectivity index is 3.07. The van der Waals surface area contributed by atoms with E-state index in [9.17, 15) is 4.79 Å². The number of Topliss-reactive ketones (excluding diaryl/α,β-unsaturated/α-hetero) is 1. The number of methoxy groups -OCH3 is 1. The molecular formula is C11H12Br2O2. The SMILES string of the molecule is COc1ccc(C(Br)C(C)=O)cc1CBr. The Bertz CT molecular complexity index is 364. The van der Waals surface area contributed by atoms with E-state index >= 15 is 0 Å². The highest BCUT2D eigenvalue weighted by Crippen LogP contribution is 2.29. The number of alkyl halides is 2. The quantitative estimate of drug-likeness (QED) is 0.785. The van der Waals surface area contributed by atoms with E-state index in [2.05, 4.69) is 31.9 Å². The fraction of sp³-hybridized carbons (Fsp3) is 0.364. The Kier molecular flexibility index (Phi) is 4.80. The molecule has 0 aromatic heterocycles. The highest BCUT2D eigenvalue weighted by atomic mass is 79.9. The van der Waals surface area contributed by atoms with Crippen molar-refractivity contribution < 1.29 is 9.53 Å². The Morgan fingerprint density at radius 1 is 1.53 bits per heavy atom. The third-order valence-corrected chi connectivity index (χ3v) is 3.88. The Morgan fingerprint density at radius 3 is 2.67 bits per heavy atom. The summed E-state index contributed by atoms with van der Waals surface area (Å²) < 4.78 is 5.20. The van der Waals surface area contributed by atoms with Gasteiger partial charge in [-0.2, -0.15) is 0 Å². The van der Waals surface area contributed by atoms with Gasteiger partial charge < -0.3 is 4.74 Å². The van der Waals surface area contributed by atoms with Gasteiger partial charge in [-0.15, -0.1) is 0 Å². The minimum atomic E-state index is -0.235. The second-order valence-electron chi connectivity index (χ2n) is 3.18. The molecule has 0 fully saturated rings. The van der Waals surface area contributed by atoms with E-state index in [1.807, 2.05) is 18.2 Å². The highest BCUT2D eigenvalue weighted by molar-refractivity contribution is 9.09. The molecule has 0 N–H and O–H groups in total. The van der Waals surface area contributed by atoms with Crippen LogP contribution in [-0.2, 0) is 10.1 Å². The maximum Gasteiger partial charge on any atom is 0.147 e. The molecule has 0 aliphatic carbocycles. The number of carbonyl (C=O) groups is 1. The lowest BCUT2D eigenvalue weighted by molar-refractivity contribution is -0.116. The number of hydrogen-bond acceptors (Lipinski definition) is 2. The van der Waals surface area contributed by atoms with Crippen molar-refractivity contribution in [3.05, 3.63) is 29.3 Å². The van der Waals surface area contributed by atoms with Gasteiger partial charge in [0.15, 0.2) is 0 Å². The van der Waals surface area contributed by atoms with Crippen LogP contribution in [0.25, 0.3) is 0 Å². The molecule has 1 aromatic carbocycles. The van der Waals surface area contributed by atoms with Gasteiger partial charge in [0.2, 0.25) is 0 Å². The first-order chi connectivity index (χ1) is 7.10. The predicted octanol–water partition coefficient (Wildman–Crippen LogP) is 3.62. The summed E-state index contributed by atoms with van der Waals surface area (Å²) in [7, 11) is 1.64. The summed E-state index contributed by atoms with van der Waals surface area (Å²) in [5.74, 6) is 0.930. The molecule has 0 saturated heterocycles. The molecule has 0 spiro atoms. The first kappa shape index (κ1) is 12.7. The zero-order valence-corrected chi connectivity index (χ0v) is 11.8. The number of rotatable bonds is 4. The minimum absolute atomic E-state index is 0.0979. The summed E-state index contributed by atoms with van der Waals surface area (Å²) in [5, 5.41) is 0.710. The largest absolute Gasteiger partial charge is 0.496 e. The molecule has 15 heavy (non-hydrogen) atoms. The summed E-state index contributed by atoms with van der Waals surface area (Å²) in [4.78, 5) is 11.0. The van der Waals surface area contributed by atoms with Crippen LogP contribution in [0.1, 0.15) is 22.9 Å². The Hall–Kier alpha value is -0.350. The highest BCUT2D eigenvalue weighted by Gasteiger charge is 2.14. The molecule has 0 bridgehead atoms. The molecule has 1 atom stereocenters. The number of benzene rings is 1. The fourth-order valence-electron chi connectivity index (χ4n) is 1.30. The van der Waals surface area contributed by atoms with Gasteiger partial charge in [-0.3, -0.25) is 4.79 Å². The molecule has 0 saturated carbocycles. The van der Waals surface area contributed by atoms with Crippen molar-refractivity contribution in [3.8, 4) is 5.75 Å². The summed E-state index contributed by atoms with van der Waals surface area (Å²) >= 11 is 6.74. The van der Waals surface area contributed by atoms with Crippen LogP contribution in [0, 0.1) is 0 Å². The average Bonchev–Trinajstić information content (AvgIpc) is 2.26. The lowest BCUT2D eigenvalue weighted by atomic mass is 10.1. The second kappa shape index (κ2) is 5.66. The van der Waals surface area contributed by atoms with Gasteiger partial charge in [0.1, 0.15) is 11.5 Å². The lowest BCUT2D eigenvalue weighted by Gasteiger charge is -2.11. The molecule has 0 amide bonds. The van der Waals surface area contributed by atoms with Gasteiger partial charge >= 0.3 is 0 Å². The van der Waals surface area contributed by atoms with Crippen molar-refractivity contribution in [1.29, 1.82) is 0 Å². The maximum absolute atomic E-state index is 11.2. The van der Waals surface area contributed by atoms with Crippen molar-refractivity contribution in [3.63, 3.8) is 0 Å². The lowest BCUT2D eigenvalue weighted by Crippen LogP contribution is -2.02. The topological polar surface area (TPSA) is 26.3 Å². The van der Waals surface area contributed by atoms with E-state index in [0.29, 0.717) is 5.33 Å². The third-order valence-electron chi connectivity index (χ3n) is 2.10. The zero-order chi connectivity index (χ0) is 11.4. The molecule has 2 nitrogen and oxygen atoms in total. The summed E-state index contributed by atoms with van der Waals surface area (Å²) in [6.45, 7) is 1.57. The summed E-state index contributed by atoms with van der Waals surface area (Å²) in [6, 6.07) is 5.74. The first-order valence-corrected chi connectivity index (χ1v) is 6.51. The van der Waals surface area contributed by atoms with Crippen molar-refractivity contribution >= 4 is 37.6 Å². The number of ketones is 1. The molecule has 0 radical (unpaired) electrons. The van der Waals surface area contributed by atoms with Crippen LogP contribution in [-0.4, -0.2) is 12.9 Å². The Morgan fingerprint density at radius 2 is 2.20 bits per heavy atom. The smallest absolute Gasteiger partial charge is 0.147 e. The van der Waals surface area contributed by atoms with Crippen molar-refractivity contribution in [1.82, 2.24) is 0 Å². The second-order valence-corrected chi connectivity index (χ2v) is 4.65. The van der Waals surface area contributed by atoms with E-state index in [-0.39, 0.29) is 10.6 Å². The van der Waals surface area contributed by atoms with E-state index in [4.69, 9.17) is 4.74 Å². The molecule has 4 heteroatoms. The van der Waals surface area contributed by atoms with Gasteiger partial charge in [0, 0.05) is 10.9 Å². The standard InChI is InChI=1S/C11H12Br2O2/c1-7(14)11(13)8-3-4-10(15-2)9(5-8)6-12/h3-5,11H,6H2,1-2H3. The molecule has 82 valence electrons. The Labute approximate surface area is 106 Å². The molecule has 0 aliphatic rings. The fourth-order valence-corrected chi connectivity index (χ4v) is 2.02. The van der Waals surface area contributed by atoms with E-state index in [1.54, 1.807) is 14.0 Å². The molecule has 0 heterocycles. The van der Waals surface area contributed by atoms with E-state index in [1.165, 1.54) is 0 Å². The van der Waals surface area contributed by atoms with Gasteiger partial charge in [-0.1, -0.05) is 37.9 Å². The zero-order valence-electron chi connectivity index (χ0n) is 8.59. The van der Waals surface area contributed by atoms with Crippen molar-refractivity contribution in [2.45, 2.75) is 17.1 Å². The molecule has 1 rings (SSSR count). The van der Waals surface area contributed by atoms with Crippen LogP contribution in [0.4, 0.5) is 0 Å². The summed E-state index contributed by atoms with van der Waals surface area (Å²) in [6.07, 6.45) is 0. The maximum atomic E-state index is 11.2. The number of halogens is 2. The van der Waals surface area contributed by atoms with Crippen LogP contribution in [0.5, 0.6) is 5.75 Å². The molecule has 0 aliphatic heterocycles. The molecule has 1 aromatic rings.